The Balaban J connectivity index is 1.72. The van der Waals surface area contributed by atoms with Gasteiger partial charge in [-0.25, -0.2) is 0 Å². The second kappa shape index (κ2) is 7.56. The van der Waals surface area contributed by atoms with Gasteiger partial charge in [-0.15, -0.1) is 5.10 Å². The standard InChI is InChI=1S/C16H15ClN6O/c1-24-14-3-2-12(17)8-13(14)21-15-10-20-23-16(22-15)19-9-11-4-6-18-7-5-11/h2-8,10H,9H2,1H3,(H2,19,21,22,23). The van der Waals surface area contributed by atoms with Crippen LogP contribution in [0.4, 0.5) is 17.5 Å². The van der Waals surface area contributed by atoms with Crippen LogP contribution in [0.15, 0.2) is 48.9 Å². The maximum Gasteiger partial charge on any atom is 0.244 e. The summed E-state index contributed by atoms with van der Waals surface area (Å²) in [6.07, 6.45) is 5.00. The summed E-state index contributed by atoms with van der Waals surface area (Å²) in [6, 6.07) is 9.12. The first kappa shape index (κ1) is 15.9. The van der Waals surface area contributed by atoms with E-state index in [4.69, 9.17) is 16.3 Å². The highest BCUT2D eigenvalue weighted by Gasteiger charge is 2.07. The summed E-state index contributed by atoms with van der Waals surface area (Å²) < 4.78 is 5.30. The van der Waals surface area contributed by atoms with E-state index >= 15 is 0 Å². The maximum atomic E-state index is 6.03. The minimum absolute atomic E-state index is 0.415. The molecular formula is C16H15ClN6O. The van der Waals surface area contributed by atoms with Crippen LogP contribution in [0.2, 0.25) is 5.02 Å². The van der Waals surface area contributed by atoms with Crippen LogP contribution in [0.3, 0.4) is 0 Å². The number of aromatic nitrogens is 4. The predicted octanol–water partition coefficient (Wildman–Crippen LogP) is 3.28. The molecule has 0 aliphatic heterocycles. The van der Waals surface area contributed by atoms with Crippen LogP contribution in [0.25, 0.3) is 0 Å². The Kier molecular flexibility index (Phi) is 5.02. The minimum atomic E-state index is 0.415. The highest BCUT2D eigenvalue weighted by Crippen LogP contribution is 2.29. The van der Waals surface area contributed by atoms with Gasteiger partial charge >= 0.3 is 0 Å². The molecule has 1 aromatic carbocycles. The van der Waals surface area contributed by atoms with E-state index in [-0.39, 0.29) is 0 Å². The van der Waals surface area contributed by atoms with Crippen LogP contribution in [0, 0.1) is 0 Å². The van der Waals surface area contributed by atoms with Gasteiger partial charge in [0.25, 0.3) is 0 Å². The Bertz CT molecular complexity index is 815. The van der Waals surface area contributed by atoms with Gasteiger partial charge in [0.1, 0.15) is 5.75 Å². The maximum absolute atomic E-state index is 6.03. The van der Waals surface area contributed by atoms with Crippen molar-refractivity contribution in [2.75, 3.05) is 17.7 Å². The number of hydrogen-bond donors (Lipinski definition) is 2. The summed E-state index contributed by atoms with van der Waals surface area (Å²) in [7, 11) is 1.59. The number of benzene rings is 1. The molecular weight excluding hydrogens is 328 g/mol. The van der Waals surface area contributed by atoms with Crippen molar-refractivity contribution in [3.8, 4) is 5.75 Å². The third-order valence-electron chi connectivity index (χ3n) is 3.18. The van der Waals surface area contributed by atoms with Gasteiger partial charge in [-0.05, 0) is 35.9 Å². The molecule has 0 unspecified atom stereocenters. The number of hydrogen-bond acceptors (Lipinski definition) is 7. The van der Waals surface area contributed by atoms with Gasteiger partial charge in [-0.3, -0.25) is 4.98 Å². The average Bonchev–Trinajstić information content (AvgIpc) is 2.61. The Morgan fingerprint density at radius 3 is 2.79 bits per heavy atom. The first-order valence-corrected chi connectivity index (χ1v) is 7.55. The Hall–Kier alpha value is -2.93. The van der Waals surface area contributed by atoms with Crippen molar-refractivity contribution < 1.29 is 4.74 Å². The molecule has 0 spiro atoms. The molecule has 3 aromatic rings. The molecule has 0 amide bonds. The van der Waals surface area contributed by atoms with Crippen LogP contribution < -0.4 is 15.4 Å². The van der Waals surface area contributed by atoms with Gasteiger partial charge in [0, 0.05) is 24.0 Å². The molecule has 0 saturated heterocycles. The van der Waals surface area contributed by atoms with Gasteiger partial charge in [0.05, 0.1) is 19.0 Å². The van der Waals surface area contributed by atoms with Gasteiger partial charge in [-0.1, -0.05) is 11.6 Å². The zero-order valence-corrected chi connectivity index (χ0v) is 13.7. The van der Waals surface area contributed by atoms with Gasteiger partial charge in [-0.2, -0.15) is 10.1 Å². The minimum Gasteiger partial charge on any atom is -0.495 e. The van der Waals surface area contributed by atoms with Gasteiger partial charge in [0.2, 0.25) is 5.95 Å². The van der Waals surface area contributed by atoms with Crippen molar-refractivity contribution in [2.24, 2.45) is 0 Å². The average molecular weight is 343 g/mol. The number of rotatable bonds is 6. The summed E-state index contributed by atoms with van der Waals surface area (Å²) in [6.45, 7) is 0.578. The quantitative estimate of drug-likeness (QED) is 0.711. The summed E-state index contributed by atoms with van der Waals surface area (Å²) in [5.74, 6) is 1.60. The van der Waals surface area contributed by atoms with Crippen molar-refractivity contribution >= 4 is 29.1 Å². The van der Waals surface area contributed by atoms with Crippen LogP contribution in [0.1, 0.15) is 5.56 Å². The third-order valence-corrected chi connectivity index (χ3v) is 3.42. The zero-order chi connectivity index (χ0) is 16.8. The molecule has 0 atom stereocenters. The normalized spacial score (nSPS) is 10.2. The molecule has 2 heterocycles. The van der Waals surface area contributed by atoms with E-state index in [0.29, 0.717) is 34.8 Å². The molecule has 24 heavy (non-hydrogen) atoms. The molecule has 0 radical (unpaired) electrons. The largest absolute Gasteiger partial charge is 0.495 e. The van der Waals surface area contributed by atoms with Crippen molar-refractivity contribution in [1.82, 2.24) is 20.2 Å². The van der Waals surface area contributed by atoms with Gasteiger partial charge < -0.3 is 15.4 Å². The summed E-state index contributed by atoms with van der Waals surface area (Å²) in [5, 5.41) is 14.8. The molecule has 0 aliphatic rings. The molecule has 3 rings (SSSR count). The molecule has 2 N–H and O–H groups in total. The fourth-order valence-corrected chi connectivity index (χ4v) is 2.21. The summed E-state index contributed by atoms with van der Waals surface area (Å²) in [5.41, 5.74) is 1.77. The molecule has 2 aromatic heterocycles. The van der Waals surface area contributed by atoms with E-state index in [1.54, 1.807) is 37.7 Å². The first-order valence-electron chi connectivity index (χ1n) is 7.17. The molecule has 7 nitrogen and oxygen atoms in total. The van der Waals surface area contributed by atoms with Crippen LogP contribution in [0.5, 0.6) is 5.75 Å². The Morgan fingerprint density at radius 1 is 1.17 bits per heavy atom. The number of pyridine rings is 1. The summed E-state index contributed by atoms with van der Waals surface area (Å²) >= 11 is 6.03. The smallest absolute Gasteiger partial charge is 0.244 e. The third kappa shape index (κ3) is 4.08. The highest BCUT2D eigenvalue weighted by molar-refractivity contribution is 6.31. The second-order valence-corrected chi connectivity index (χ2v) is 5.28. The number of halogens is 1. The number of nitrogens with one attached hydrogen (secondary N) is 2. The number of nitrogens with zero attached hydrogens (tertiary/aromatic N) is 4. The number of anilines is 3. The topological polar surface area (TPSA) is 84.9 Å². The summed E-state index contributed by atoms with van der Waals surface area (Å²) in [4.78, 5) is 8.36. The Labute approximate surface area is 144 Å². The lowest BCUT2D eigenvalue weighted by atomic mass is 10.3. The molecule has 8 heteroatoms. The molecule has 122 valence electrons. The Morgan fingerprint density at radius 2 is 2.00 bits per heavy atom. The monoisotopic (exact) mass is 342 g/mol. The van der Waals surface area contributed by atoms with E-state index in [0.717, 1.165) is 5.56 Å². The lowest BCUT2D eigenvalue weighted by Crippen LogP contribution is -2.06. The molecule has 0 bridgehead atoms. The van der Waals surface area contributed by atoms with E-state index in [1.807, 2.05) is 12.1 Å². The van der Waals surface area contributed by atoms with Crippen LogP contribution in [-0.4, -0.2) is 27.3 Å². The first-order chi connectivity index (χ1) is 11.7. The van der Waals surface area contributed by atoms with Crippen LogP contribution >= 0.6 is 11.6 Å². The zero-order valence-electron chi connectivity index (χ0n) is 12.9. The van der Waals surface area contributed by atoms with Crippen molar-refractivity contribution in [3.63, 3.8) is 0 Å². The molecule has 0 saturated carbocycles. The SMILES string of the molecule is COc1ccc(Cl)cc1Nc1cnnc(NCc2ccncc2)n1. The van der Waals surface area contributed by atoms with E-state index in [9.17, 15) is 0 Å². The second-order valence-electron chi connectivity index (χ2n) is 4.84. The lowest BCUT2D eigenvalue weighted by Gasteiger charge is -2.11. The fraction of sp³-hybridized carbons (Fsp3) is 0.125. The van der Waals surface area contributed by atoms with Gasteiger partial charge in [0.15, 0.2) is 5.82 Å². The van der Waals surface area contributed by atoms with E-state index in [2.05, 4.69) is 30.8 Å². The predicted molar refractivity (Wildman–Crippen MR) is 92.7 cm³/mol. The van der Waals surface area contributed by atoms with Crippen molar-refractivity contribution in [3.05, 3.63) is 59.5 Å². The van der Waals surface area contributed by atoms with Crippen molar-refractivity contribution in [1.29, 1.82) is 0 Å². The highest BCUT2D eigenvalue weighted by atomic mass is 35.5. The van der Waals surface area contributed by atoms with Crippen molar-refractivity contribution in [2.45, 2.75) is 6.54 Å². The number of ether oxygens (including phenoxy) is 1. The molecule has 0 fully saturated rings. The molecule has 0 aliphatic carbocycles. The van der Waals surface area contributed by atoms with Crippen LogP contribution in [-0.2, 0) is 6.54 Å². The van der Waals surface area contributed by atoms with E-state index in [1.165, 1.54) is 6.20 Å². The lowest BCUT2D eigenvalue weighted by molar-refractivity contribution is 0.417. The number of methoxy groups -OCH3 is 1. The van der Waals surface area contributed by atoms with E-state index < -0.39 is 0 Å². The fourth-order valence-electron chi connectivity index (χ4n) is 2.04.